The highest BCUT2D eigenvalue weighted by atomic mass is 35.5. The van der Waals surface area contributed by atoms with Crippen LogP contribution in [0.15, 0.2) is 30.3 Å². The summed E-state index contributed by atoms with van der Waals surface area (Å²) in [5.41, 5.74) is 1.35. The van der Waals surface area contributed by atoms with Crippen LogP contribution in [-0.2, 0) is 11.3 Å². The number of halogens is 2. The molecule has 23 heavy (non-hydrogen) atoms. The number of amides is 1. The van der Waals surface area contributed by atoms with Crippen LogP contribution in [0.2, 0.25) is 0 Å². The van der Waals surface area contributed by atoms with Gasteiger partial charge in [-0.25, -0.2) is 0 Å². The van der Waals surface area contributed by atoms with E-state index < -0.39 is 0 Å². The van der Waals surface area contributed by atoms with Crippen LogP contribution < -0.4 is 10.6 Å². The minimum Gasteiger partial charge on any atom is -0.354 e. The Morgan fingerprint density at radius 2 is 2.00 bits per heavy atom. The van der Waals surface area contributed by atoms with Crippen molar-refractivity contribution >= 4 is 30.7 Å². The lowest BCUT2D eigenvalue weighted by Gasteiger charge is -2.25. The van der Waals surface area contributed by atoms with E-state index in [4.69, 9.17) is 0 Å². The third-order valence-electron chi connectivity index (χ3n) is 4.20. The first-order chi connectivity index (χ1) is 10.2. The molecule has 1 aromatic rings. The van der Waals surface area contributed by atoms with Crippen LogP contribution in [0.5, 0.6) is 0 Å². The van der Waals surface area contributed by atoms with E-state index in [9.17, 15) is 4.79 Å². The number of nitrogens with zero attached hydrogens (tertiary/aromatic N) is 1. The molecule has 0 radical (unpaired) electrons. The molecule has 1 aliphatic heterocycles. The summed E-state index contributed by atoms with van der Waals surface area (Å²) in [5.74, 6) is 0.176. The van der Waals surface area contributed by atoms with Gasteiger partial charge >= 0.3 is 0 Å². The Kier molecular flexibility index (Phi) is 11.3. The van der Waals surface area contributed by atoms with Crippen molar-refractivity contribution in [3.8, 4) is 0 Å². The van der Waals surface area contributed by atoms with Gasteiger partial charge in [-0.3, -0.25) is 9.69 Å². The Labute approximate surface area is 152 Å². The Balaban J connectivity index is 0.00000242. The number of carbonyl (C=O) groups excluding carboxylic acids is 1. The van der Waals surface area contributed by atoms with E-state index in [2.05, 4.69) is 39.8 Å². The number of nitrogens with one attached hydrogen (secondary N) is 2. The highest BCUT2D eigenvalue weighted by molar-refractivity contribution is 5.85. The average molecular weight is 362 g/mol. The van der Waals surface area contributed by atoms with Crippen molar-refractivity contribution in [3.05, 3.63) is 35.9 Å². The van der Waals surface area contributed by atoms with Crippen molar-refractivity contribution in [1.29, 1.82) is 0 Å². The van der Waals surface area contributed by atoms with Gasteiger partial charge in [-0.2, -0.15) is 0 Å². The summed E-state index contributed by atoms with van der Waals surface area (Å²) < 4.78 is 0. The predicted molar refractivity (Wildman–Crippen MR) is 100 cm³/mol. The largest absolute Gasteiger partial charge is 0.354 e. The maximum Gasteiger partial charge on any atom is 0.224 e. The van der Waals surface area contributed by atoms with Crippen molar-refractivity contribution in [1.82, 2.24) is 15.5 Å². The smallest absolute Gasteiger partial charge is 0.224 e. The Morgan fingerprint density at radius 3 is 2.65 bits per heavy atom. The van der Waals surface area contributed by atoms with E-state index in [0.717, 1.165) is 26.2 Å². The fraction of sp³-hybridized carbons (Fsp3) is 0.588. The number of hydrogen-bond acceptors (Lipinski definition) is 3. The zero-order valence-corrected chi connectivity index (χ0v) is 15.6. The van der Waals surface area contributed by atoms with E-state index in [1.54, 1.807) is 0 Å². The van der Waals surface area contributed by atoms with Crippen molar-refractivity contribution in [3.63, 3.8) is 0 Å². The molecule has 1 saturated heterocycles. The molecule has 2 rings (SSSR count). The first-order valence-corrected chi connectivity index (χ1v) is 7.91. The molecule has 1 heterocycles. The highest BCUT2D eigenvalue weighted by Crippen LogP contribution is 2.19. The lowest BCUT2D eigenvalue weighted by Crippen LogP contribution is -2.42. The van der Waals surface area contributed by atoms with Crippen molar-refractivity contribution in [2.24, 2.45) is 5.92 Å². The molecule has 0 bridgehead atoms. The van der Waals surface area contributed by atoms with Crippen molar-refractivity contribution < 1.29 is 4.79 Å². The second-order valence-electron chi connectivity index (χ2n) is 5.96. The molecule has 6 heteroatoms. The number of rotatable bonds is 7. The topological polar surface area (TPSA) is 44.4 Å². The third kappa shape index (κ3) is 7.08. The van der Waals surface area contributed by atoms with Gasteiger partial charge in [0.1, 0.15) is 0 Å². The van der Waals surface area contributed by atoms with Crippen LogP contribution in [0.1, 0.15) is 25.3 Å². The van der Waals surface area contributed by atoms with Crippen molar-refractivity contribution in [2.45, 2.75) is 32.4 Å². The average Bonchev–Trinajstić information content (AvgIpc) is 2.93. The van der Waals surface area contributed by atoms with Gasteiger partial charge in [-0.05, 0) is 32.0 Å². The fourth-order valence-corrected chi connectivity index (χ4v) is 2.94. The van der Waals surface area contributed by atoms with E-state index in [0.29, 0.717) is 6.04 Å². The fourth-order valence-electron chi connectivity index (χ4n) is 2.94. The number of carbonyl (C=O) groups is 1. The minimum atomic E-state index is 0. The molecule has 0 aliphatic carbocycles. The molecule has 1 aliphatic rings. The molecular formula is C17H29Cl2N3O. The molecule has 0 spiro atoms. The molecule has 0 aromatic heterocycles. The van der Waals surface area contributed by atoms with Crippen LogP contribution in [0.3, 0.4) is 0 Å². The Morgan fingerprint density at radius 1 is 1.30 bits per heavy atom. The van der Waals surface area contributed by atoms with Crippen LogP contribution in [-0.4, -0.2) is 43.5 Å². The minimum absolute atomic E-state index is 0. The molecule has 1 aromatic carbocycles. The predicted octanol–water partition coefficient (Wildman–Crippen LogP) is 2.47. The number of likely N-dealkylation sites (tertiary alicyclic amines) is 1. The highest BCUT2D eigenvalue weighted by Gasteiger charge is 2.25. The summed E-state index contributed by atoms with van der Waals surface area (Å²) in [4.78, 5) is 14.5. The molecule has 2 atom stereocenters. The first kappa shape index (κ1) is 22.2. The van der Waals surface area contributed by atoms with E-state index in [-0.39, 0.29) is 36.6 Å². The van der Waals surface area contributed by atoms with Gasteiger partial charge in [-0.15, -0.1) is 24.8 Å². The maximum absolute atomic E-state index is 12.0. The van der Waals surface area contributed by atoms with Crippen LogP contribution >= 0.6 is 24.8 Å². The van der Waals surface area contributed by atoms with Crippen LogP contribution in [0.25, 0.3) is 0 Å². The van der Waals surface area contributed by atoms with Crippen LogP contribution in [0.4, 0.5) is 0 Å². The second kappa shape index (κ2) is 11.7. The lowest BCUT2D eigenvalue weighted by atomic mass is 10.1. The molecule has 1 amide bonds. The van der Waals surface area contributed by atoms with Gasteiger partial charge in [0.2, 0.25) is 5.91 Å². The third-order valence-corrected chi connectivity index (χ3v) is 4.20. The van der Waals surface area contributed by atoms with Gasteiger partial charge in [0, 0.05) is 31.6 Å². The van der Waals surface area contributed by atoms with Crippen molar-refractivity contribution in [2.75, 3.05) is 26.7 Å². The Bertz CT molecular complexity index is 445. The zero-order valence-electron chi connectivity index (χ0n) is 14.0. The van der Waals surface area contributed by atoms with Crippen LogP contribution in [0, 0.1) is 5.92 Å². The van der Waals surface area contributed by atoms with Gasteiger partial charge in [0.05, 0.1) is 0 Å². The lowest BCUT2D eigenvalue weighted by molar-refractivity contribution is -0.124. The maximum atomic E-state index is 12.0. The van der Waals surface area contributed by atoms with E-state index in [1.165, 1.54) is 18.4 Å². The summed E-state index contributed by atoms with van der Waals surface area (Å²) in [5, 5.41) is 6.15. The standard InChI is InChI=1S/C17H27N3O.2ClH/c1-14(11-18-2)17(21)19-12-16-9-6-10-20(16)13-15-7-4-3-5-8-15;;/h3-5,7-8,14,16,18H,6,9-13H2,1-2H3,(H,19,21);2*1H. The monoisotopic (exact) mass is 361 g/mol. The molecule has 4 nitrogen and oxygen atoms in total. The summed E-state index contributed by atoms with van der Waals surface area (Å²) in [6.07, 6.45) is 2.40. The molecule has 2 N–H and O–H groups in total. The number of hydrogen-bond donors (Lipinski definition) is 2. The summed E-state index contributed by atoms with van der Waals surface area (Å²) in [6, 6.07) is 11.0. The molecule has 132 valence electrons. The van der Waals surface area contributed by atoms with E-state index >= 15 is 0 Å². The summed E-state index contributed by atoms with van der Waals surface area (Å²) in [7, 11) is 1.88. The van der Waals surface area contributed by atoms with Gasteiger partial charge in [0.15, 0.2) is 0 Å². The van der Waals surface area contributed by atoms with Gasteiger partial charge in [0.25, 0.3) is 0 Å². The summed E-state index contributed by atoms with van der Waals surface area (Å²) >= 11 is 0. The SMILES string of the molecule is CNCC(C)C(=O)NCC1CCCN1Cc1ccccc1.Cl.Cl. The number of benzene rings is 1. The second-order valence-corrected chi connectivity index (χ2v) is 5.96. The first-order valence-electron chi connectivity index (χ1n) is 7.91. The molecular weight excluding hydrogens is 333 g/mol. The zero-order chi connectivity index (χ0) is 15.1. The molecule has 2 unspecified atom stereocenters. The van der Waals surface area contributed by atoms with E-state index in [1.807, 2.05) is 20.0 Å². The Hall–Kier alpha value is -0.810. The summed E-state index contributed by atoms with van der Waals surface area (Å²) in [6.45, 7) is 5.56. The quantitative estimate of drug-likeness (QED) is 0.783. The molecule has 0 saturated carbocycles. The van der Waals surface area contributed by atoms with Gasteiger partial charge < -0.3 is 10.6 Å². The molecule has 1 fully saturated rings. The normalized spacial score (nSPS) is 18.6. The van der Waals surface area contributed by atoms with Gasteiger partial charge in [-0.1, -0.05) is 37.3 Å².